The van der Waals surface area contributed by atoms with Crippen LogP contribution in [0.1, 0.15) is 13.8 Å². The highest BCUT2D eigenvalue weighted by atomic mass is 16.6. The molecule has 0 saturated carbocycles. The van der Waals surface area contributed by atoms with Crippen molar-refractivity contribution >= 4 is 11.9 Å². The van der Waals surface area contributed by atoms with E-state index in [4.69, 9.17) is 9.47 Å². The molecule has 1 aliphatic carbocycles. The molecule has 1 heterocycles. The molecule has 6 heteroatoms. The summed E-state index contributed by atoms with van der Waals surface area (Å²) in [6.45, 7) is 6.55. The first-order valence-corrected chi connectivity index (χ1v) is 7.27. The third-order valence-corrected chi connectivity index (χ3v) is 4.12. The van der Waals surface area contributed by atoms with E-state index in [9.17, 15) is 19.8 Å². The minimum Gasteiger partial charge on any atom is -0.455 e. The molecule has 1 spiro atoms. The Morgan fingerprint density at radius 2 is 2.09 bits per heavy atom. The maximum atomic E-state index is 12.4. The van der Waals surface area contributed by atoms with Crippen LogP contribution in [0.2, 0.25) is 0 Å². The summed E-state index contributed by atoms with van der Waals surface area (Å²) in [5.74, 6) is -2.16. The van der Waals surface area contributed by atoms with Crippen molar-refractivity contribution < 1.29 is 29.3 Å². The first-order valence-electron chi connectivity index (χ1n) is 7.27. The average Bonchev–Trinajstić information content (AvgIpc) is 2.70. The molecule has 124 valence electrons. The van der Waals surface area contributed by atoms with Crippen LogP contribution in [0.15, 0.2) is 48.8 Å². The molecule has 2 N–H and O–H groups in total. The van der Waals surface area contributed by atoms with Crippen LogP contribution in [0.5, 0.6) is 0 Å². The molecule has 0 amide bonds. The van der Waals surface area contributed by atoms with E-state index in [0.717, 1.165) is 0 Å². The average molecular weight is 320 g/mol. The van der Waals surface area contributed by atoms with Gasteiger partial charge < -0.3 is 19.7 Å². The summed E-state index contributed by atoms with van der Waals surface area (Å²) in [7, 11) is 0. The van der Waals surface area contributed by atoms with E-state index >= 15 is 0 Å². The number of allylic oxidation sites excluding steroid dienone is 5. The molecular weight excluding hydrogens is 300 g/mol. The minimum absolute atomic E-state index is 0.129. The summed E-state index contributed by atoms with van der Waals surface area (Å²) >= 11 is 0. The summed E-state index contributed by atoms with van der Waals surface area (Å²) < 4.78 is 9.99. The summed E-state index contributed by atoms with van der Waals surface area (Å²) in [5.41, 5.74) is -1.69. The molecule has 1 fully saturated rings. The van der Waals surface area contributed by atoms with Crippen molar-refractivity contribution in [3.63, 3.8) is 0 Å². The van der Waals surface area contributed by atoms with Gasteiger partial charge in [-0.15, -0.1) is 0 Å². The number of aliphatic hydroxyl groups excluding tert-OH is 2. The van der Waals surface area contributed by atoms with E-state index < -0.39 is 41.6 Å². The van der Waals surface area contributed by atoms with Gasteiger partial charge in [0, 0.05) is 12.8 Å². The Morgan fingerprint density at radius 1 is 1.39 bits per heavy atom. The van der Waals surface area contributed by atoms with Gasteiger partial charge in [0.25, 0.3) is 0 Å². The van der Waals surface area contributed by atoms with Crippen LogP contribution in [0, 0.1) is 11.3 Å². The zero-order valence-electron chi connectivity index (χ0n) is 13.0. The Balaban J connectivity index is 2.50. The maximum Gasteiger partial charge on any atom is 0.324 e. The van der Waals surface area contributed by atoms with Crippen LogP contribution in [0.4, 0.5) is 0 Å². The summed E-state index contributed by atoms with van der Waals surface area (Å²) in [6, 6.07) is 0. The summed E-state index contributed by atoms with van der Waals surface area (Å²) in [5, 5.41) is 21.1. The predicted molar refractivity (Wildman–Crippen MR) is 81.8 cm³/mol. The van der Waals surface area contributed by atoms with Gasteiger partial charge in [0.1, 0.15) is 29.5 Å². The number of esters is 2. The number of hydrogen-bond acceptors (Lipinski definition) is 6. The molecule has 0 aromatic carbocycles. The van der Waals surface area contributed by atoms with Gasteiger partial charge in [0.15, 0.2) is 0 Å². The molecule has 0 aromatic heterocycles. The first-order chi connectivity index (χ1) is 10.9. The predicted octanol–water partition coefficient (Wildman–Crippen LogP) is 1.02. The molecule has 0 bridgehead atoms. The normalized spacial score (nSPS) is 37.0. The molecule has 1 aliphatic heterocycles. The highest BCUT2D eigenvalue weighted by Crippen LogP contribution is 2.50. The molecule has 2 aliphatic rings. The van der Waals surface area contributed by atoms with Crippen LogP contribution < -0.4 is 0 Å². The fraction of sp³-hybridized carbons (Fsp3) is 0.412. The molecule has 1 saturated heterocycles. The zero-order valence-corrected chi connectivity index (χ0v) is 13.0. The third kappa shape index (κ3) is 2.75. The lowest BCUT2D eigenvalue weighted by Gasteiger charge is -2.42. The zero-order chi connectivity index (χ0) is 17.2. The molecule has 0 unspecified atom stereocenters. The highest BCUT2D eigenvalue weighted by molar-refractivity contribution is 5.85. The Hall–Kier alpha value is -2.18. The number of rotatable bonds is 3. The SMILES string of the molecule is C=C1OC(=O)[C@@]2([C@H](/C=C/C=C/C)C=C[C@H](OC(C)=O)[C@@H]2O)[C@H]1O. The van der Waals surface area contributed by atoms with E-state index in [-0.39, 0.29) is 5.76 Å². The van der Waals surface area contributed by atoms with Crippen LogP contribution in [-0.2, 0) is 19.1 Å². The number of hydrogen-bond donors (Lipinski definition) is 2. The summed E-state index contributed by atoms with van der Waals surface area (Å²) in [6.07, 6.45) is 6.14. The van der Waals surface area contributed by atoms with E-state index in [2.05, 4.69) is 6.58 Å². The lowest BCUT2D eigenvalue weighted by atomic mass is 9.63. The Labute approximate surface area is 134 Å². The van der Waals surface area contributed by atoms with Crippen molar-refractivity contribution in [2.24, 2.45) is 11.3 Å². The standard InChI is InChI=1S/C17H20O6/c1-4-5-6-7-12-8-9-13(23-11(3)18)15(20)17(12)14(19)10(2)22-16(17)21/h4-9,12-15,19-20H,2H2,1,3H3/b5-4+,7-6+/t12-,13+,14+,15+,17+/m1/s1. The smallest absolute Gasteiger partial charge is 0.324 e. The minimum atomic E-state index is -1.69. The van der Waals surface area contributed by atoms with Gasteiger partial charge in [-0.25, -0.2) is 0 Å². The highest BCUT2D eigenvalue weighted by Gasteiger charge is 2.65. The molecular formula is C17H20O6. The van der Waals surface area contributed by atoms with Gasteiger partial charge >= 0.3 is 11.9 Å². The second-order valence-electron chi connectivity index (χ2n) is 5.53. The van der Waals surface area contributed by atoms with Crippen molar-refractivity contribution in [2.45, 2.75) is 32.2 Å². The number of cyclic esters (lactones) is 1. The lowest BCUT2D eigenvalue weighted by Crippen LogP contribution is -2.58. The molecule has 2 rings (SSSR count). The van der Waals surface area contributed by atoms with Crippen LogP contribution in [-0.4, -0.2) is 40.5 Å². The van der Waals surface area contributed by atoms with Crippen LogP contribution in [0.25, 0.3) is 0 Å². The monoisotopic (exact) mass is 320 g/mol. The number of ether oxygens (including phenoxy) is 2. The summed E-state index contributed by atoms with van der Waals surface area (Å²) in [4.78, 5) is 23.6. The van der Waals surface area contributed by atoms with Gasteiger partial charge in [-0.1, -0.05) is 37.0 Å². The van der Waals surface area contributed by atoms with Gasteiger partial charge in [-0.2, -0.15) is 0 Å². The Bertz CT molecular complexity index is 602. The number of carbonyl (C=O) groups is 2. The van der Waals surface area contributed by atoms with E-state index in [1.807, 2.05) is 6.92 Å². The van der Waals surface area contributed by atoms with Crippen molar-refractivity contribution in [3.8, 4) is 0 Å². The topological polar surface area (TPSA) is 93.1 Å². The van der Waals surface area contributed by atoms with Crippen molar-refractivity contribution in [1.29, 1.82) is 0 Å². The van der Waals surface area contributed by atoms with Crippen molar-refractivity contribution in [1.82, 2.24) is 0 Å². The van der Waals surface area contributed by atoms with Gasteiger partial charge in [-0.3, -0.25) is 9.59 Å². The van der Waals surface area contributed by atoms with Crippen LogP contribution in [0.3, 0.4) is 0 Å². The molecule has 23 heavy (non-hydrogen) atoms. The first kappa shape index (κ1) is 17.2. The second-order valence-corrected chi connectivity index (χ2v) is 5.53. The molecule has 0 radical (unpaired) electrons. The van der Waals surface area contributed by atoms with E-state index in [1.54, 1.807) is 30.4 Å². The Morgan fingerprint density at radius 3 is 2.61 bits per heavy atom. The van der Waals surface area contributed by atoms with Crippen LogP contribution >= 0.6 is 0 Å². The Kier molecular flexibility index (Phi) is 4.87. The second kappa shape index (κ2) is 6.52. The quantitative estimate of drug-likeness (QED) is 0.458. The fourth-order valence-electron chi connectivity index (χ4n) is 3.02. The van der Waals surface area contributed by atoms with E-state index in [0.29, 0.717) is 0 Å². The van der Waals surface area contributed by atoms with Gasteiger partial charge in [-0.05, 0) is 13.0 Å². The van der Waals surface area contributed by atoms with E-state index in [1.165, 1.54) is 13.0 Å². The molecule has 5 atom stereocenters. The largest absolute Gasteiger partial charge is 0.455 e. The number of aliphatic hydroxyl groups is 2. The number of carbonyl (C=O) groups excluding carboxylic acids is 2. The van der Waals surface area contributed by atoms with Crippen molar-refractivity contribution in [3.05, 3.63) is 48.8 Å². The van der Waals surface area contributed by atoms with Crippen molar-refractivity contribution in [2.75, 3.05) is 0 Å². The molecule has 6 nitrogen and oxygen atoms in total. The fourth-order valence-corrected chi connectivity index (χ4v) is 3.02. The van der Waals surface area contributed by atoms with Gasteiger partial charge in [0.05, 0.1) is 0 Å². The third-order valence-electron chi connectivity index (χ3n) is 4.12. The maximum absolute atomic E-state index is 12.4. The molecule has 0 aromatic rings. The lowest BCUT2D eigenvalue weighted by molar-refractivity contribution is -0.174. The van der Waals surface area contributed by atoms with Gasteiger partial charge in [0.2, 0.25) is 0 Å².